The predicted octanol–water partition coefficient (Wildman–Crippen LogP) is 4.39. The third-order valence-electron chi connectivity index (χ3n) is 4.49. The van der Waals surface area contributed by atoms with Gasteiger partial charge in [0.1, 0.15) is 5.78 Å². The van der Waals surface area contributed by atoms with Crippen molar-refractivity contribution in [3.8, 4) is 0 Å². The summed E-state index contributed by atoms with van der Waals surface area (Å²) in [6.45, 7) is 5.46. The van der Waals surface area contributed by atoms with Crippen molar-refractivity contribution >= 4 is 5.78 Å². The van der Waals surface area contributed by atoms with Crippen molar-refractivity contribution in [2.75, 3.05) is 0 Å². The first-order valence-electron chi connectivity index (χ1n) is 6.91. The molecule has 0 radical (unpaired) electrons. The van der Waals surface area contributed by atoms with Crippen LogP contribution in [0, 0.1) is 29.3 Å². The Morgan fingerprint density at radius 1 is 1.10 bits per heavy atom. The van der Waals surface area contributed by atoms with Gasteiger partial charge in [-0.15, -0.1) is 0 Å². The second kappa shape index (κ2) is 5.23. The van der Waals surface area contributed by atoms with Crippen LogP contribution in [0.25, 0.3) is 0 Å². The average molecular weight is 284 g/mol. The summed E-state index contributed by atoms with van der Waals surface area (Å²) in [6.07, 6.45) is 2.02. The van der Waals surface area contributed by atoms with E-state index in [-0.39, 0.29) is 17.3 Å². The highest BCUT2D eigenvalue weighted by atomic mass is 19.2. The maximum Gasteiger partial charge on any atom is 0.194 e. The fraction of sp³-hybridized carbons (Fsp3) is 0.562. The van der Waals surface area contributed by atoms with Crippen LogP contribution in [-0.2, 0) is 10.2 Å². The van der Waals surface area contributed by atoms with Crippen molar-refractivity contribution in [3.63, 3.8) is 0 Å². The summed E-state index contributed by atoms with van der Waals surface area (Å²) < 4.78 is 40.4. The average Bonchev–Trinajstić information content (AvgIpc) is 2.35. The number of halogens is 3. The van der Waals surface area contributed by atoms with Gasteiger partial charge >= 0.3 is 0 Å². The predicted molar refractivity (Wildman–Crippen MR) is 70.9 cm³/mol. The van der Waals surface area contributed by atoms with Crippen molar-refractivity contribution in [1.29, 1.82) is 0 Å². The Kier molecular flexibility index (Phi) is 3.94. The summed E-state index contributed by atoms with van der Waals surface area (Å²) in [4.78, 5) is 12.2. The van der Waals surface area contributed by atoms with E-state index in [2.05, 4.69) is 0 Å². The first-order chi connectivity index (χ1) is 9.25. The first kappa shape index (κ1) is 15.1. The molecule has 0 amide bonds. The molecule has 2 unspecified atom stereocenters. The van der Waals surface area contributed by atoms with E-state index in [1.807, 2.05) is 6.92 Å². The van der Waals surface area contributed by atoms with Crippen LogP contribution in [0.1, 0.15) is 45.6 Å². The van der Waals surface area contributed by atoms with Crippen molar-refractivity contribution < 1.29 is 18.0 Å². The van der Waals surface area contributed by atoms with Crippen LogP contribution >= 0.6 is 0 Å². The monoisotopic (exact) mass is 284 g/mol. The fourth-order valence-corrected chi connectivity index (χ4v) is 3.17. The van der Waals surface area contributed by atoms with Crippen molar-refractivity contribution in [1.82, 2.24) is 0 Å². The van der Waals surface area contributed by atoms with Gasteiger partial charge in [-0.2, -0.15) is 0 Å². The minimum atomic E-state index is -1.47. The van der Waals surface area contributed by atoms with Gasteiger partial charge in [0, 0.05) is 17.8 Å². The molecule has 4 heteroatoms. The van der Waals surface area contributed by atoms with Gasteiger partial charge in [-0.1, -0.05) is 26.8 Å². The SMILES string of the molecule is CC1CCC(C(C)(C)c2ccc(F)c(F)c2F)C(=O)C1. The fourth-order valence-electron chi connectivity index (χ4n) is 3.17. The molecule has 2 atom stereocenters. The molecule has 20 heavy (non-hydrogen) atoms. The van der Waals surface area contributed by atoms with Crippen LogP contribution in [0.2, 0.25) is 0 Å². The Morgan fingerprint density at radius 3 is 2.35 bits per heavy atom. The minimum Gasteiger partial charge on any atom is -0.299 e. The van der Waals surface area contributed by atoms with Gasteiger partial charge in [-0.3, -0.25) is 4.79 Å². The number of rotatable bonds is 2. The Hall–Kier alpha value is -1.32. The maximum atomic E-state index is 14.0. The molecule has 0 saturated heterocycles. The highest BCUT2D eigenvalue weighted by Gasteiger charge is 2.41. The molecule has 0 bridgehead atoms. The second-order valence-corrected chi connectivity index (χ2v) is 6.35. The van der Waals surface area contributed by atoms with Gasteiger partial charge in [0.05, 0.1) is 0 Å². The number of benzene rings is 1. The normalized spacial score (nSPS) is 24.0. The van der Waals surface area contributed by atoms with Gasteiger partial charge in [0.15, 0.2) is 17.5 Å². The zero-order valence-corrected chi connectivity index (χ0v) is 12.0. The van der Waals surface area contributed by atoms with Crippen LogP contribution in [0.3, 0.4) is 0 Å². The number of ketones is 1. The highest BCUT2D eigenvalue weighted by Crippen LogP contribution is 2.41. The Bertz CT molecular complexity index is 537. The first-order valence-corrected chi connectivity index (χ1v) is 6.91. The van der Waals surface area contributed by atoms with Gasteiger partial charge in [0.2, 0.25) is 0 Å². The standard InChI is InChI=1S/C16H19F3O/c1-9-4-5-10(13(20)8-9)16(2,3)11-6-7-12(17)15(19)14(11)18/h6-7,9-10H,4-5,8H2,1-3H3. The lowest BCUT2D eigenvalue weighted by molar-refractivity contribution is -0.128. The minimum absolute atomic E-state index is 0.0734. The lowest BCUT2D eigenvalue weighted by Crippen LogP contribution is -2.39. The van der Waals surface area contributed by atoms with Gasteiger partial charge < -0.3 is 0 Å². The van der Waals surface area contributed by atoms with Crippen molar-refractivity contribution in [3.05, 3.63) is 35.1 Å². The number of hydrogen-bond donors (Lipinski definition) is 0. The van der Waals surface area contributed by atoms with E-state index in [9.17, 15) is 18.0 Å². The van der Waals surface area contributed by atoms with Crippen molar-refractivity contribution in [2.45, 2.75) is 45.4 Å². The zero-order chi connectivity index (χ0) is 15.1. The van der Waals surface area contributed by atoms with Crippen molar-refractivity contribution in [2.24, 2.45) is 11.8 Å². The molecule has 1 aliphatic carbocycles. The summed E-state index contributed by atoms with van der Waals surface area (Å²) >= 11 is 0. The third-order valence-corrected chi connectivity index (χ3v) is 4.49. The van der Waals surface area contributed by atoms with Crippen LogP contribution < -0.4 is 0 Å². The van der Waals surface area contributed by atoms with E-state index >= 15 is 0 Å². The molecular formula is C16H19F3O. The number of Topliss-reactive ketones (excluding diaryl/α,β-unsaturated/α-hetero) is 1. The smallest absolute Gasteiger partial charge is 0.194 e. The van der Waals surface area contributed by atoms with Crippen LogP contribution in [0.4, 0.5) is 13.2 Å². The molecular weight excluding hydrogens is 265 g/mol. The Morgan fingerprint density at radius 2 is 1.75 bits per heavy atom. The molecule has 0 N–H and O–H groups in total. The van der Waals surface area contributed by atoms with E-state index in [1.54, 1.807) is 13.8 Å². The summed E-state index contributed by atoms with van der Waals surface area (Å²) in [5, 5.41) is 0. The molecule has 2 rings (SSSR count). The molecule has 0 aliphatic heterocycles. The van der Waals surface area contributed by atoms with E-state index in [1.165, 1.54) is 6.07 Å². The molecule has 1 aromatic rings. The Labute approximate surface area is 117 Å². The molecule has 1 aliphatic rings. The van der Waals surface area contributed by atoms with E-state index in [4.69, 9.17) is 0 Å². The largest absolute Gasteiger partial charge is 0.299 e. The van der Waals surface area contributed by atoms with Gasteiger partial charge in [-0.25, -0.2) is 13.2 Å². The molecule has 1 nitrogen and oxygen atoms in total. The summed E-state index contributed by atoms with van der Waals surface area (Å²) in [7, 11) is 0. The lowest BCUT2D eigenvalue weighted by atomic mass is 9.65. The quantitative estimate of drug-likeness (QED) is 0.736. The summed E-state index contributed by atoms with van der Waals surface area (Å²) in [5.41, 5.74) is -0.764. The van der Waals surface area contributed by atoms with E-state index in [0.29, 0.717) is 18.8 Å². The maximum absolute atomic E-state index is 14.0. The number of carbonyl (C=O) groups excluding carboxylic acids is 1. The molecule has 1 fully saturated rings. The highest BCUT2D eigenvalue weighted by molar-refractivity contribution is 5.83. The van der Waals surface area contributed by atoms with E-state index in [0.717, 1.165) is 12.5 Å². The molecule has 0 aromatic heterocycles. The zero-order valence-electron chi connectivity index (χ0n) is 12.0. The third kappa shape index (κ3) is 2.48. The molecule has 110 valence electrons. The molecule has 0 heterocycles. The van der Waals surface area contributed by atoms with Crippen LogP contribution in [-0.4, -0.2) is 5.78 Å². The van der Waals surface area contributed by atoms with Crippen LogP contribution in [0.15, 0.2) is 12.1 Å². The van der Waals surface area contributed by atoms with Gasteiger partial charge in [-0.05, 0) is 30.4 Å². The Balaban J connectivity index is 2.40. The molecule has 1 saturated carbocycles. The molecule has 1 aromatic carbocycles. The van der Waals surface area contributed by atoms with Gasteiger partial charge in [0.25, 0.3) is 0 Å². The number of carbonyl (C=O) groups is 1. The molecule has 0 spiro atoms. The lowest BCUT2D eigenvalue weighted by Gasteiger charge is -2.38. The number of hydrogen-bond acceptors (Lipinski definition) is 1. The van der Waals surface area contributed by atoms with Crippen LogP contribution in [0.5, 0.6) is 0 Å². The summed E-state index contributed by atoms with van der Waals surface area (Å²) in [5.74, 6) is -3.78. The second-order valence-electron chi connectivity index (χ2n) is 6.35. The van der Waals surface area contributed by atoms with E-state index < -0.39 is 22.9 Å². The summed E-state index contributed by atoms with van der Waals surface area (Å²) in [6, 6.07) is 2.17. The topological polar surface area (TPSA) is 17.1 Å².